The van der Waals surface area contributed by atoms with Gasteiger partial charge in [0.1, 0.15) is 11.2 Å². The van der Waals surface area contributed by atoms with Gasteiger partial charge >= 0.3 is 0 Å². The molecule has 1 saturated heterocycles. The predicted molar refractivity (Wildman–Crippen MR) is 84.4 cm³/mol. The molecule has 8 heteroatoms. The van der Waals surface area contributed by atoms with E-state index in [2.05, 4.69) is 15.5 Å². The molecule has 1 fully saturated rings. The SMILES string of the molecule is Cc1cc(NC(=NC[C@@H]2CCCO2)n2sc(C)cc2=N)no1. The van der Waals surface area contributed by atoms with Crippen LogP contribution in [0.3, 0.4) is 0 Å². The molecule has 2 aromatic rings. The first kappa shape index (κ1) is 15.0. The summed E-state index contributed by atoms with van der Waals surface area (Å²) in [6.45, 7) is 5.18. The van der Waals surface area contributed by atoms with Crippen molar-refractivity contribution in [3.8, 4) is 0 Å². The van der Waals surface area contributed by atoms with Crippen LogP contribution in [0.5, 0.6) is 0 Å². The first-order valence-corrected chi connectivity index (χ1v) is 8.00. The molecule has 3 heterocycles. The van der Waals surface area contributed by atoms with E-state index in [9.17, 15) is 0 Å². The number of nitrogens with one attached hydrogen (secondary N) is 2. The van der Waals surface area contributed by atoms with Crippen LogP contribution in [0, 0.1) is 19.3 Å². The van der Waals surface area contributed by atoms with Crippen LogP contribution >= 0.6 is 11.5 Å². The highest BCUT2D eigenvalue weighted by Crippen LogP contribution is 2.13. The largest absolute Gasteiger partial charge is 0.376 e. The van der Waals surface area contributed by atoms with Crippen LogP contribution in [0.2, 0.25) is 0 Å². The second-order valence-corrected chi connectivity index (χ2v) is 6.46. The summed E-state index contributed by atoms with van der Waals surface area (Å²) >= 11 is 1.47. The Kier molecular flexibility index (Phi) is 4.39. The lowest BCUT2D eigenvalue weighted by Crippen LogP contribution is -2.29. The highest BCUT2D eigenvalue weighted by Gasteiger charge is 2.16. The van der Waals surface area contributed by atoms with Gasteiger partial charge in [-0.05, 0) is 32.8 Å². The van der Waals surface area contributed by atoms with E-state index in [0.29, 0.717) is 23.8 Å². The Morgan fingerprint density at radius 1 is 1.55 bits per heavy atom. The Morgan fingerprint density at radius 3 is 3.00 bits per heavy atom. The van der Waals surface area contributed by atoms with E-state index in [4.69, 9.17) is 14.7 Å². The number of aromatic nitrogens is 2. The number of aryl methyl sites for hydroxylation is 2. The number of anilines is 1. The molecule has 2 aromatic heterocycles. The lowest BCUT2D eigenvalue weighted by atomic mass is 10.2. The van der Waals surface area contributed by atoms with Crippen molar-refractivity contribution in [3.05, 3.63) is 28.3 Å². The number of rotatable bonds is 3. The average molecular weight is 321 g/mol. The summed E-state index contributed by atoms with van der Waals surface area (Å²) in [6.07, 6.45) is 2.27. The van der Waals surface area contributed by atoms with Gasteiger partial charge < -0.3 is 14.6 Å². The summed E-state index contributed by atoms with van der Waals surface area (Å²) in [5, 5.41) is 15.1. The molecular weight excluding hydrogens is 302 g/mol. The summed E-state index contributed by atoms with van der Waals surface area (Å²) in [6, 6.07) is 3.61. The molecule has 0 saturated carbocycles. The molecule has 1 atom stereocenters. The quantitative estimate of drug-likeness (QED) is 0.669. The summed E-state index contributed by atoms with van der Waals surface area (Å²) in [5.41, 5.74) is 0.390. The second-order valence-electron chi connectivity index (χ2n) is 5.27. The molecule has 22 heavy (non-hydrogen) atoms. The smallest absolute Gasteiger partial charge is 0.219 e. The van der Waals surface area contributed by atoms with E-state index in [1.807, 2.05) is 19.9 Å². The summed E-state index contributed by atoms with van der Waals surface area (Å²) < 4.78 is 12.4. The van der Waals surface area contributed by atoms with Gasteiger partial charge in [-0.15, -0.1) is 0 Å². The molecular formula is C14H19N5O2S. The standard InChI is InChI=1S/C14H19N5O2S/c1-9-6-13(18-21-9)17-14(16-8-11-4-3-5-20-11)19-12(15)7-10(2)22-19/h6-7,11,15H,3-5,8H2,1-2H3,(H,16,17,18)/t11-/m0/s1. The highest BCUT2D eigenvalue weighted by molar-refractivity contribution is 7.07. The number of hydrogen-bond acceptors (Lipinski definition) is 6. The maximum Gasteiger partial charge on any atom is 0.219 e. The Balaban J connectivity index is 1.85. The maximum absolute atomic E-state index is 8.06. The highest BCUT2D eigenvalue weighted by atomic mass is 32.1. The van der Waals surface area contributed by atoms with Crippen LogP contribution in [-0.4, -0.2) is 34.3 Å². The molecule has 3 rings (SSSR count). The lowest BCUT2D eigenvalue weighted by molar-refractivity contribution is 0.118. The minimum atomic E-state index is 0.159. The molecule has 0 spiro atoms. The van der Waals surface area contributed by atoms with Crippen LogP contribution in [0.1, 0.15) is 23.5 Å². The van der Waals surface area contributed by atoms with Gasteiger partial charge in [0.2, 0.25) is 5.96 Å². The third kappa shape index (κ3) is 3.45. The zero-order chi connectivity index (χ0) is 15.5. The summed E-state index contributed by atoms with van der Waals surface area (Å²) in [7, 11) is 0. The van der Waals surface area contributed by atoms with E-state index in [1.165, 1.54) is 11.5 Å². The van der Waals surface area contributed by atoms with Crippen LogP contribution in [0.15, 0.2) is 21.6 Å². The van der Waals surface area contributed by atoms with Gasteiger partial charge in [0.15, 0.2) is 5.82 Å². The van der Waals surface area contributed by atoms with Gasteiger partial charge in [-0.1, -0.05) is 16.7 Å². The fourth-order valence-electron chi connectivity index (χ4n) is 2.30. The van der Waals surface area contributed by atoms with Gasteiger partial charge in [0, 0.05) is 17.6 Å². The number of hydrogen-bond donors (Lipinski definition) is 2. The molecule has 0 aliphatic carbocycles. The maximum atomic E-state index is 8.06. The van der Waals surface area contributed by atoms with Crippen molar-refractivity contribution in [2.24, 2.45) is 4.99 Å². The Morgan fingerprint density at radius 2 is 2.41 bits per heavy atom. The van der Waals surface area contributed by atoms with Gasteiger partial charge in [-0.3, -0.25) is 5.41 Å². The van der Waals surface area contributed by atoms with E-state index in [-0.39, 0.29) is 6.10 Å². The zero-order valence-corrected chi connectivity index (χ0v) is 13.4. The summed E-state index contributed by atoms with van der Waals surface area (Å²) in [4.78, 5) is 5.66. The van der Waals surface area contributed by atoms with Crippen molar-refractivity contribution in [1.82, 2.24) is 9.11 Å². The third-order valence-electron chi connectivity index (χ3n) is 3.32. The molecule has 0 bridgehead atoms. The Hall–Kier alpha value is -1.93. The van der Waals surface area contributed by atoms with Gasteiger partial charge in [-0.25, -0.2) is 8.95 Å². The molecule has 0 radical (unpaired) electrons. The molecule has 0 aromatic carbocycles. The average Bonchev–Trinajstić information content (AvgIpc) is 3.18. The van der Waals surface area contributed by atoms with Crippen molar-refractivity contribution in [2.45, 2.75) is 32.8 Å². The van der Waals surface area contributed by atoms with Crippen molar-refractivity contribution >= 4 is 23.3 Å². The van der Waals surface area contributed by atoms with Crippen LogP contribution in [0.25, 0.3) is 0 Å². The van der Waals surface area contributed by atoms with Crippen molar-refractivity contribution < 1.29 is 9.26 Å². The van der Waals surface area contributed by atoms with Crippen LogP contribution < -0.4 is 10.8 Å². The Labute approximate surface area is 132 Å². The zero-order valence-electron chi connectivity index (χ0n) is 12.6. The molecule has 2 N–H and O–H groups in total. The monoisotopic (exact) mass is 321 g/mol. The molecule has 1 aliphatic rings. The number of ether oxygens (including phenoxy) is 1. The Bertz CT molecular complexity index is 724. The summed E-state index contributed by atoms with van der Waals surface area (Å²) in [5.74, 6) is 1.88. The minimum Gasteiger partial charge on any atom is -0.376 e. The van der Waals surface area contributed by atoms with Crippen LogP contribution in [-0.2, 0) is 4.74 Å². The lowest BCUT2D eigenvalue weighted by Gasteiger charge is -2.10. The van der Waals surface area contributed by atoms with Gasteiger partial charge in [0.05, 0.1) is 12.6 Å². The van der Waals surface area contributed by atoms with E-state index in [1.54, 1.807) is 10.0 Å². The van der Waals surface area contributed by atoms with Gasteiger partial charge in [0.25, 0.3) is 0 Å². The fourth-order valence-corrected chi connectivity index (χ4v) is 3.09. The van der Waals surface area contributed by atoms with E-state index >= 15 is 0 Å². The third-order valence-corrected chi connectivity index (χ3v) is 4.28. The first-order valence-electron chi connectivity index (χ1n) is 7.23. The number of nitrogens with zero attached hydrogens (tertiary/aromatic N) is 3. The molecule has 7 nitrogen and oxygen atoms in total. The van der Waals surface area contributed by atoms with Crippen LogP contribution in [0.4, 0.5) is 5.82 Å². The number of aliphatic imine (C=N–C) groups is 1. The topological polar surface area (TPSA) is 88.4 Å². The molecule has 118 valence electrons. The van der Waals surface area contributed by atoms with Gasteiger partial charge in [-0.2, -0.15) is 0 Å². The second kappa shape index (κ2) is 6.45. The normalized spacial score (nSPS) is 18.8. The first-order chi connectivity index (χ1) is 10.6. The van der Waals surface area contributed by atoms with Crippen molar-refractivity contribution in [2.75, 3.05) is 18.5 Å². The molecule has 0 unspecified atom stereocenters. The molecule has 0 amide bonds. The predicted octanol–water partition coefficient (Wildman–Crippen LogP) is 2.13. The van der Waals surface area contributed by atoms with Crippen molar-refractivity contribution in [1.29, 1.82) is 5.41 Å². The van der Waals surface area contributed by atoms with E-state index in [0.717, 1.165) is 30.1 Å². The van der Waals surface area contributed by atoms with Crippen molar-refractivity contribution in [3.63, 3.8) is 0 Å². The fraction of sp³-hybridized carbons (Fsp3) is 0.500. The van der Waals surface area contributed by atoms with E-state index < -0.39 is 0 Å². The molecule has 1 aliphatic heterocycles. The minimum absolute atomic E-state index is 0.159.